The molecule has 16 heavy (non-hydrogen) atoms. The first-order valence-electron chi connectivity index (χ1n) is 5.70. The molecule has 0 radical (unpaired) electrons. The predicted molar refractivity (Wildman–Crippen MR) is 63.0 cm³/mol. The van der Waals surface area contributed by atoms with Gasteiger partial charge in [-0.3, -0.25) is 0 Å². The van der Waals surface area contributed by atoms with Crippen LogP contribution in [0.15, 0.2) is 18.2 Å². The molecule has 0 saturated heterocycles. The van der Waals surface area contributed by atoms with Gasteiger partial charge >= 0.3 is 0 Å². The lowest BCUT2D eigenvalue weighted by Crippen LogP contribution is -2.41. The predicted octanol–water partition coefficient (Wildman–Crippen LogP) is 2.71. The number of aryl methyl sites for hydroxylation is 1. The van der Waals surface area contributed by atoms with Crippen molar-refractivity contribution >= 4 is 5.69 Å². The third-order valence-corrected chi connectivity index (χ3v) is 3.28. The van der Waals surface area contributed by atoms with Gasteiger partial charge < -0.3 is 10.4 Å². The minimum Gasteiger partial charge on any atom is -0.394 e. The highest BCUT2D eigenvalue weighted by molar-refractivity contribution is 5.48. The number of anilines is 1. The van der Waals surface area contributed by atoms with E-state index in [0.717, 1.165) is 24.1 Å². The molecule has 3 heteroatoms. The largest absolute Gasteiger partial charge is 0.394 e. The fourth-order valence-electron chi connectivity index (χ4n) is 2.13. The van der Waals surface area contributed by atoms with Gasteiger partial charge in [0.15, 0.2) is 0 Å². The smallest absolute Gasteiger partial charge is 0.125 e. The normalized spacial score (nSPS) is 19.2. The van der Waals surface area contributed by atoms with E-state index in [4.69, 9.17) is 0 Å². The number of nitrogens with one attached hydrogen (secondary N) is 1. The molecule has 1 aromatic rings. The lowest BCUT2D eigenvalue weighted by molar-refractivity contribution is 0.206. The number of aliphatic hydroxyl groups excluding tert-OH is 1. The van der Waals surface area contributed by atoms with Crippen molar-refractivity contribution in [2.75, 3.05) is 11.9 Å². The first-order valence-corrected chi connectivity index (χ1v) is 5.70. The number of rotatable bonds is 4. The van der Waals surface area contributed by atoms with Gasteiger partial charge in [-0.2, -0.15) is 0 Å². The minimum absolute atomic E-state index is 0.0766. The lowest BCUT2D eigenvalue weighted by Gasteiger charge is -2.30. The Morgan fingerprint density at radius 3 is 2.62 bits per heavy atom. The van der Waals surface area contributed by atoms with E-state index in [0.29, 0.717) is 5.92 Å². The van der Waals surface area contributed by atoms with Gasteiger partial charge in [-0.25, -0.2) is 4.39 Å². The summed E-state index contributed by atoms with van der Waals surface area (Å²) in [7, 11) is 0. The average Bonchev–Trinajstić information content (AvgIpc) is 2.98. The zero-order valence-electron chi connectivity index (χ0n) is 9.76. The molecule has 0 bridgehead atoms. The van der Waals surface area contributed by atoms with Crippen molar-refractivity contribution in [2.45, 2.75) is 32.2 Å². The van der Waals surface area contributed by atoms with Crippen molar-refractivity contribution in [1.82, 2.24) is 0 Å². The second-order valence-corrected chi connectivity index (χ2v) is 4.99. The van der Waals surface area contributed by atoms with E-state index < -0.39 is 0 Å². The highest BCUT2D eigenvalue weighted by atomic mass is 19.1. The fourth-order valence-corrected chi connectivity index (χ4v) is 2.13. The summed E-state index contributed by atoms with van der Waals surface area (Å²) in [6, 6.07) is 4.88. The van der Waals surface area contributed by atoms with E-state index in [1.165, 1.54) is 12.1 Å². The summed E-state index contributed by atoms with van der Waals surface area (Å²) in [5.74, 6) is 0.264. The van der Waals surface area contributed by atoms with Crippen LogP contribution in [0.2, 0.25) is 0 Å². The molecular formula is C13H18FNO. The highest BCUT2D eigenvalue weighted by Crippen LogP contribution is 2.41. The molecule has 88 valence electrons. The molecule has 0 amide bonds. The van der Waals surface area contributed by atoms with Gasteiger partial charge in [0, 0.05) is 5.69 Å². The van der Waals surface area contributed by atoms with Gasteiger partial charge in [0.1, 0.15) is 5.82 Å². The molecule has 1 aromatic carbocycles. The molecular weight excluding hydrogens is 205 g/mol. The van der Waals surface area contributed by atoms with Crippen LogP contribution in [0.4, 0.5) is 10.1 Å². The summed E-state index contributed by atoms with van der Waals surface area (Å²) >= 11 is 0. The number of halogens is 1. The maximum atomic E-state index is 13.2. The van der Waals surface area contributed by atoms with E-state index in [-0.39, 0.29) is 18.0 Å². The Morgan fingerprint density at radius 1 is 1.44 bits per heavy atom. The molecule has 1 aliphatic rings. The summed E-state index contributed by atoms with van der Waals surface area (Å²) in [5, 5.41) is 12.7. The summed E-state index contributed by atoms with van der Waals surface area (Å²) in [6.07, 6.45) is 2.27. The van der Waals surface area contributed by atoms with Gasteiger partial charge in [0.2, 0.25) is 0 Å². The van der Waals surface area contributed by atoms with Crippen LogP contribution in [0.1, 0.15) is 25.3 Å². The average molecular weight is 223 g/mol. The van der Waals surface area contributed by atoms with Gasteiger partial charge in [0.05, 0.1) is 12.1 Å². The summed E-state index contributed by atoms with van der Waals surface area (Å²) in [5.41, 5.74) is 1.32. The van der Waals surface area contributed by atoms with Gasteiger partial charge in [-0.05, 0) is 56.4 Å². The standard InChI is InChI=1S/C13H18FNO/c1-9-5-11(14)7-12(6-9)15-13(2,8-16)10-3-4-10/h5-7,10,15-16H,3-4,8H2,1-2H3. The van der Waals surface area contributed by atoms with Gasteiger partial charge in [-0.1, -0.05) is 0 Å². The molecule has 1 saturated carbocycles. The Kier molecular flexibility index (Phi) is 2.89. The van der Waals surface area contributed by atoms with Crippen LogP contribution in [-0.2, 0) is 0 Å². The quantitative estimate of drug-likeness (QED) is 0.822. The monoisotopic (exact) mass is 223 g/mol. The maximum absolute atomic E-state index is 13.2. The Labute approximate surface area is 95.5 Å². The molecule has 1 fully saturated rings. The Balaban J connectivity index is 2.18. The fraction of sp³-hybridized carbons (Fsp3) is 0.538. The molecule has 1 atom stereocenters. The summed E-state index contributed by atoms with van der Waals surface area (Å²) in [4.78, 5) is 0. The van der Waals surface area contributed by atoms with Crippen molar-refractivity contribution in [3.63, 3.8) is 0 Å². The van der Waals surface area contributed by atoms with E-state index in [2.05, 4.69) is 5.32 Å². The number of benzene rings is 1. The van der Waals surface area contributed by atoms with Crippen molar-refractivity contribution in [3.05, 3.63) is 29.6 Å². The highest BCUT2D eigenvalue weighted by Gasteiger charge is 2.41. The summed E-state index contributed by atoms with van der Waals surface area (Å²) in [6.45, 7) is 3.93. The zero-order valence-corrected chi connectivity index (χ0v) is 9.76. The van der Waals surface area contributed by atoms with Crippen LogP contribution in [0.25, 0.3) is 0 Å². The van der Waals surface area contributed by atoms with Crippen LogP contribution < -0.4 is 5.32 Å². The Hall–Kier alpha value is -1.09. The minimum atomic E-state index is -0.319. The molecule has 2 N–H and O–H groups in total. The molecule has 0 aromatic heterocycles. The first-order chi connectivity index (χ1) is 7.53. The van der Waals surface area contributed by atoms with E-state index in [1.54, 1.807) is 0 Å². The van der Waals surface area contributed by atoms with Crippen LogP contribution in [-0.4, -0.2) is 17.3 Å². The molecule has 2 rings (SSSR count). The molecule has 0 spiro atoms. The lowest BCUT2D eigenvalue weighted by atomic mass is 9.96. The third-order valence-electron chi connectivity index (χ3n) is 3.28. The van der Waals surface area contributed by atoms with Crippen LogP contribution in [0.3, 0.4) is 0 Å². The Morgan fingerprint density at radius 2 is 2.12 bits per heavy atom. The van der Waals surface area contributed by atoms with E-state index in [1.807, 2.05) is 19.9 Å². The second kappa shape index (κ2) is 4.06. The number of hydrogen-bond donors (Lipinski definition) is 2. The topological polar surface area (TPSA) is 32.3 Å². The SMILES string of the molecule is Cc1cc(F)cc(NC(C)(CO)C2CC2)c1. The van der Waals surface area contributed by atoms with Crippen LogP contribution >= 0.6 is 0 Å². The third kappa shape index (κ3) is 2.35. The van der Waals surface area contributed by atoms with E-state index >= 15 is 0 Å². The van der Waals surface area contributed by atoms with Crippen LogP contribution in [0, 0.1) is 18.7 Å². The Bertz CT molecular complexity index is 369. The van der Waals surface area contributed by atoms with Gasteiger partial charge in [-0.15, -0.1) is 0 Å². The maximum Gasteiger partial charge on any atom is 0.125 e. The molecule has 0 aliphatic heterocycles. The van der Waals surface area contributed by atoms with Crippen molar-refractivity contribution in [1.29, 1.82) is 0 Å². The number of aliphatic hydroxyl groups is 1. The second-order valence-electron chi connectivity index (χ2n) is 4.99. The number of hydrogen-bond acceptors (Lipinski definition) is 2. The zero-order chi connectivity index (χ0) is 11.8. The molecule has 2 nitrogen and oxygen atoms in total. The van der Waals surface area contributed by atoms with Crippen molar-refractivity contribution in [3.8, 4) is 0 Å². The first kappa shape index (κ1) is 11.4. The van der Waals surface area contributed by atoms with Crippen molar-refractivity contribution < 1.29 is 9.50 Å². The molecule has 1 unspecified atom stereocenters. The molecule has 1 aliphatic carbocycles. The molecule has 0 heterocycles. The summed E-state index contributed by atoms with van der Waals surface area (Å²) < 4.78 is 13.2. The van der Waals surface area contributed by atoms with Crippen LogP contribution in [0.5, 0.6) is 0 Å². The van der Waals surface area contributed by atoms with Gasteiger partial charge in [0.25, 0.3) is 0 Å². The van der Waals surface area contributed by atoms with E-state index in [9.17, 15) is 9.50 Å². The van der Waals surface area contributed by atoms with Crippen molar-refractivity contribution in [2.24, 2.45) is 5.92 Å².